The van der Waals surface area contributed by atoms with Gasteiger partial charge in [-0.2, -0.15) is 0 Å². The van der Waals surface area contributed by atoms with Crippen molar-refractivity contribution >= 4 is 29.3 Å². The zero-order valence-corrected chi connectivity index (χ0v) is 18.2. The van der Waals surface area contributed by atoms with Crippen LogP contribution in [0.2, 0.25) is 0 Å². The summed E-state index contributed by atoms with van der Waals surface area (Å²) < 4.78 is 27.2. The van der Waals surface area contributed by atoms with Crippen molar-refractivity contribution in [3.05, 3.63) is 64.7 Å². The molecule has 1 aliphatic carbocycles. The summed E-state index contributed by atoms with van der Waals surface area (Å²) in [4.78, 5) is 29.7. The van der Waals surface area contributed by atoms with Crippen LogP contribution in [-0.4, -0.2) is 29.0 Å². The van der Waals surface area contributed by atoms with E-state index >= 15 is 0 Å². The summed E-state index contributed by atoms with van der Waals surface area (Å²) in [7, 11) is 0. The third kappa shape index (κ3) is 3.16. The number of halogens is 2. The highest BCUT2D eigenvalue weighted by Gasteiger charge is 2.60. The van der Waals surface area contributed by atoms with Crippen molar-refractivity contribution in [3.63, 3.8) is 0 Å². The molecule has 2 aromatic rings. The third-order valence-electron chi connectivity index (χ3n) is 6.64. The molecule has 162 valence electrons. The number of anilines is 1. The van der Waals surface area contributed by atoms with Gasteiger partial charge >= 0.3 is 0 Å². The minimum atomic E-state index is -1.07. The Balaban J connectivity index is 1.57. The molecule has 1 atom stereocenters. The fourth-order valence-electron chi connectivity index (χ4n) is 5.12. The molecule has 0 unspecified atom stereocenters. The monoisotopic (exact) mass is 442 g/mol. The van der Waals surface area contributed by atoms with E-state index < -0.39 is 16.5 Å². The lowest BCUT2D eigenvalue weighted by Gasteiger charge is -2.35. The van der Waals surface area contributed by atoms with Crippen LogP contribution in [0, 0.1) is 24.5 Å². The number of hydrogen-bond donors (Lipinski definition) is 0. The van der Waals surface area contributed by atoms with Gasteiger partial charge in [-0.05, 0) is 43.5 Å². The number of fused-ring (bicyclic) bond motifs is 2. The maximum Gasteiger partial charge on any atom is 0.268 e. The van der Waals surface area contributed by atoms with E-state index in [0.29, 0.717) is 17.9 Å². The summed E-state index contributed by atoms with van der Waals surface area (Å²) in [5.41, 5.74) is 3.08. The molecule has 31 heavy (non-hydrogen) atoms. The van der Waals surface area contributed by atoms with Crippen LogP contribution < -0.4 is 4.90 Å². The maximum absolute atomic E-state index is 13.9. The van der Waals surface area contributed by atoms with Gasteiger partial charge in [0.05, 0.1) is 12.2 Å². The molecule has 1 saturated heterocycles. The molecule has 2 aromatic carbocycles. The van der Waals surface area contributed by atoms with Gasteiger partial charge in [0.25, 0.3) is 5.91 Å². The van der Waals surface area contributed by atoms with E-state index in [4.69, 9.17) is 0 Å². The molecule has 7 heteroatoms. The molecule has 2 amide bonds. The summed E-state index contributed by atoms with van der Waals surface area (Å²) >= 11 is 1.51. The highest BCUT2D eigenvalue weighted by molar-refractivity contribution is 8.01. The van der Waals surface area contributed by atoms with Gasteiger partial charge in [0.1, 0.15) is 0 Å². The fourth-order valence-corrected chi connectivity index (χ4v) is 6.58. The van der Waals surface area contributed by atoms with E-state index in [1.807, 2.05) is 25.1 Å². The van der Waals surface area contributed by atoms with Crippen LogP contribution >= 0.6 is 11.8 Å². The van der Waals surface area contributed by atoms with E-state index in [1.54, 1.807) is 9.80 Å². The van der Waals surface area contributed by atoms with Crippen molar-refractivity contribution in [1.82, 2.24) is 4.90 Å². The summed E-state index contributed by atoms with van der Waals surface area (Å²) in [6, 6.07) is 9.53. The van der Waals surface area contributed by atoms with Crippen molar-refractivity contribution < 1.29 is 18.4 Å². The van der Waals surface area contributed by atoms with Crippen LogP contribution in [-0.2, 0) is 21.0 Å². The largest absolute Gasteiger partial charge is 0.315 e. The molecular weight excluding hydrogens is 418 g/mol. The Labute approximate surface area is 184 Å². The predicted octanol–water partition coefficient (Wildman–Crippen LogP) is 4.74. The van der Waals surface area contributed by atoms with Crippen molar-refractivity contribution in [1.29, 1.82) is 0 Å². The number of thioether (sulfide) groups is 1. The normalized spacial score (nSPS) is 23.3. The van der Waals surface area contributed by atoms with Crippen molar-refractivity contribution in [2.45, 2.75) is 44.0 Å². The second-order valence-corrected chi connectivity index (χ2v) is 9.91. The molecule has 1 saturated carbocycles. The molecule has 0 bridgehead atoms. The van der Waals surface area contributed by atoms with Gasteiger partial charge in [-0.25, -0.2) is 8.78 Å². The standard InChI is InChI=1S/C24H24F2N2O2S/c1-15-6-9-21-18(12-15)24(28(10-11-31-24)22(29)17-4-2-3-5-17)23(30)27(21)14-16-7-8-19(25)20(26)13-16/h6-9,12-13,17H,2-5,10-11,14H2,1H3/t24-/m1/s1. The first kappa shape index (κ1) is 20.5. The first-order valence-electron chi connectivity index (χ1n) is 10.7. The van der Waals surface area contributed by atoms with Crippen LogP contribution in [0.4, 0.5) is 14.5 Å². The quantitative estimate of drug-likeness (QED) is 0.690. The van der Waals surface area contributed by atoms with E-state index in [0.717, 1.165) is 54.6 Å². The SMILES string of the molecule is Cc1ccc2c(c1)[C@@]1(SCCN1C(=O)C1CCCC1)C(=O)N2Cc1ccc(F)c(F)c1. The van der Waals surface area contributed by atoms with Crippen molar-refractivity contribution in [2.75, 3.05) is 17.2 Å². The Morgan fingerprint density at radius 3 is 2.65 bits per heavy atom. The lowest BCUT2D eigenvalue weighted by molar-refractivity contribution is -0.143. The predicted molar refractivity (Wildman–Crippen MR) is 117 cm³/mol. The second-order valence-electron chi connectivity index (χ2n) is 8.62. The molecule has 2 fully saturated rings. The number of carbonyl (C=O) groups excluding carboxylic acids is 2. The van der Waals surface area contributed by atoms with Gasteiger partial charge in [-0.15, -0.1) is 11.8 Å². The number of benzene rings is 2. The van der Waals surface area contributed by atoms with E-state index in [2.05, 4.69) is 0 Å². The molecule has 1 spiro atoms. The van der Waals surface area contributed by atoms with E-state index in [9.17, 15) is 18.4 Å². The lowest BCUT2D eigenvalue weighted by Crippen LogP contribution is -2.51. The molecule has 3 aliphatic rings. The molecular formula is C24H24F2N2O2S. The molecule has 5 rings (SSSR count). The summed E-state index contributed by atoms with van der Waals surface area (Å²) in [6.45, 7) is 2.64. The topological polar surface area (TPSA) is 40.6 Å². The first-order valence-corrected chi connectivity index (χ1v) is 11.7. The molecule has 2 aliphatic heterocycles. The Kier molecular flexibility index (Phi) is 5.04. The highest BCUT2D eigenvalue weighted by Crippen LogP contribution is 2.55. The Hall–Kier alpha value is -2.41. The number of nitrogens with zero attached hydrogens (tertiary/aromatic N) is 2. The smallest absolute Gasteiger partial charge is 0.268 e. The number of hydrogen-bond acceptors (Lipinski definition) is 3. The van der Waals surface area contributed by atoms with E-state index in [1.165, 1.54) is 17.8 Å². The van der Waals surface area contributed by atoms with Gasteiger partial charge < -0.3 is 9.80 Å². The maximum atomic E-state index is 13.9. The molecule has 0 radical (unpaired) electrons. The minimum absolute atomic E-state index is 0.0168. The van der Waals surface area contributed by atoms with E-state index in [-0.39, 0.29) is 24.3 Å². The Bertz CT molecular complexity index is 1070. The van der Waals surface area contributed by atoms with Gasteiger partial charge in [0.2, 0.25) is 5.91 Å². The molecule has 4 nitrogen and oxygen atoms in total. The van der Waals surface area contributed by atoms with Crippen LogP contribution in [0.3, 0.4) is 0 Å². The van der Waals surface area contributed by atoms with Crippen molar-refractivity contribution in [3.8, 4) is 0 Å². The number of carbonyl (C=O) groups is 2. The summed E-state index contributed by atoms with van der Waals surface area (Å²) in [6.07, 6.45) is 3.86. The zero-order valence-electron chi connectivity index (χ0n) is 17.4. The van der Waals surface area contributed by atoms with Crippen LogP contribution in [0.25, 0.3) is 0 Å². The van der Waals surface area contributed by atoms with Crippen molar-refractivity contribution in [2.24, 2.45) is 5.92 Å². The molecule has 0 N–H and O–H groups in total. The van der Waals surface area contributed by atoms with Crippen LogP contribution in [0.15, 0.2) is 36.4 Å². The van der Waals surface area contributed by atoms with Gasteiger partial charge in [-0.3, -0.25) is 9.59 Å². The van der Waals surface area contributed by atoms with Crippen LogP contribution in [0.1, 0.15) is 42.4 Å². The van der Waals surface area contributed by atoms with Crippen LogP contribution in [0.5, 0.6) is 0 Å². The highest BCUT2D eigenvalue weighted by atomic mass is 32.2. The summed E-state index contributed by atoms with van der Waals surface area (Å²) in [5.74, 6) is -1.28. The number of amides is 2. The number of aryl methyl sites for hydroxylation is 1. The second kappa shape index (κ2) is 7.62. The Morgan fingerprint density at radius 1 is 1.13 bits per heavy atom. The van der Waals surface area contributed by atoms with Gasteiger partial charge in [0.15, 0.2) is 16.5 Å². The number of rotatable bonds is 3. The zero-order chi connectivity index (χ0) is 21.8. The first-order chi connectivity index (χ1) is 14.9. The third-order valence-corrected chi connectivity index (χ3v) is 8.06. The average molecular weight is 443 g/mol. The minimum Gasteiger partial charge on any atom is -0.315 e. The van der Waals surface area contributed by atoms with Gasteiger partial charge in [0, 0.05) is 23.8 Å². The lowest BCUT2D eigenvalue weighted by atomic mass is 10.00. The average Bonchev–Trinajstić information content (AvgIpc) is 3.48. The molecule has 2 heterocycles. The summed E-state index contributed by atoms with van der Waals surface area (Å²) in [5, 5.41) is 0. The fraction of sp³-hybridized carbons (Fsp3) is 0.417. The molecule has 0 aromatic heterocycles. The van der Waals surface area contributed by atoms with Gasteiger partial charge in [-0.1, -0.05) is 36.6 Å². The Morgan fingerprint density at radius 2 is 1.90 bits per heavy atom.